The number of carbonyl (C=O) groups excluding carboxylic acids is 1. The molecule has 6 nitrogen and oxygen atoms in total. The van der Waals surface area contributed by atoms with E-state index in [1.54, 1.807) is 0 Å². The fourth-order valence-electron chi connectivity index (χ4n) is 1.74. The van der Waals surface area contributed by atoms with E-state index >= 15 is 0 Å². The summed E-state index contributed by atoms with van der Waals surface area (Å²) in [5.41, 5.74) is 0.118. The van der Waals surface area contributed by atoms with Crippen LogP contribution in [0, 0.1) is 15.5 Å². The van der Waals surface area contributed by atoms with Crippen LogP contribution in [-0.2, 0) is 4.74 Å². The van der Waals surface area contributed by atoms with Crippen molar-refractivity contribution in [3.8, 4) is 0 Å². The topological polar surface area (TPSA) is 81.5 Å². The van der Waals surface area contributed by atoms with E-state index in [1.165, 1.54) is 18.2 Å². The zero-order valence-corrected chi connectivity index (χ0v) is 11.9. The van der Waals surface area contributed by atoms with Crippen LogP contribution < -0.4 is 5.32 Å². The van der Waals surface area contributed by atoms with Crippen molar-refractivity contribution in [2.45, 2.75) is 6.92 Å². The molecule has 1 aromatic carbocycles. The molecular weight excluding hydrogens is 316 g/mol. The van der Waals surface area contributed by atoms with E-state index in [4.69, 9.17) is 4.74 Å². The van der Waals surface area contributed by atoms with Crippen LogP contribution >= 0.6 is 15.9 Å². The van der Waals surface area contributed by atoms with Gasteiger partial charge in [0.2, 0.25) is 0 Å². The van der Waals surface area contributed by atoms with Gasteiger partial charge in [0.15, 0.2) is 0 Å². The van der Waals surface area contributed by atoms with Gasteiger partial charge in [-0.1, -0.05) is 6.92 Å². The highest BCUT2D eigenvalue weighted by Gasteiger charge is 2.33. The minimum atomic E-state index is -0.524. The number of non-ortho nitro benzene ring substituents is 1. The Hall–Kier alpha value is -1.47. The van der Waals surface area contributed by atoms with Crippen molar-refractivity contribution in [3.05, 3.63) is 38.3 Å². The third-order valence-corrected chi connectivity index (χ3v) is 3.67. The van der Waals surface area contributed by atoms with Gasteiger partial charge in [0.25, 0.3) is 11.6 Å². The molecule has 1 heterocycles. The van der Waals surface area contributed by atoms with Gasteiger partial charge in [-0.25, -0.2) is 0 Å². The summed E-state index contributed by atoms with van der Waals surface area (Å²) >= 11 is 3.22. The molecule has 19 heavy (non-hydrogen) atoms. The molecule has 0 aromatic heterocycles. The Balaban J connectivity index is 2.09. The molecule has 1 aliphatic heterocycles. The number of nitrogens with zero attached hydrogens (tertiary/aromatic N) is 1. The minimum absolute atomic E-state index is 0.0388. The summed E-state index contributed by atoms with van der Waals surface area (Å²) < 4.78 is 5.63. The van der Waals surface area contributed by atoms with Gasteiger partial charge >= 0.3 is 0 Å². The first-order valence-corrected chi connectivity index (χ1v) is 6.50. The molecular formula is C12H13BrN2O4. The SMILES string of the molecule is CC1(CNC(=O)c2cc([N+](=O)[O-])ccc2Br)COC1. The van der Waals surface area contributed by atoms with Crippen LogP contribution in [0.5, 0.6) is 0 Å². The summed E-state index contributed by atoms with van der Waals surface area (Å²) in [5, 5.41) is 13.5. The number of rotatable bonds is 4. The van der Waals surface area contributed by atoms with Crippen LogP contribution in [0.4, 0.5) is 5.69 Å². The smallest absolute Gasteiger partial charge is 0.270 e. The number of halogens is 1. The summed E-state index contributed by atoms with van der Waals surface area (Å²) in [7, 11) is 0. The molecule has 1 saturated heterocycles. The van der Waals surface area contributed by atoms with E-state index < -0.39 is 4.92 Å². The first-order chi connectivity index (χ1) is 8.91. The Bertz CT molecular complexity index is 528. The first-order valence-electron chi connectivity index (χ1n) is 5.71. The van der Waals surface area contributed by atoms with Gasteiger partial charge in [-0.3, -0.25) is 14.9 Å². The third kappa shape index (κ3) is 3.10. The molecule has 2 rings (SSSR count). The Morgan fingerprint density at radius 1 is 1.58 bits per heavy atom. The number of ether oxygens (including phenoxy) is 1. The molecule has 0 atom stereocenters. The van der Waals surface area contributed by atoms with E-state index in [2.05, 4.69) is 21.2 Å². The van der Waals surface area contributed by atoms with E-state index in [0.29, 0.717) is 24.2 Å². The van der Waals surface area contributed by atoms with Crippen LogP contribution in [0.15, 0.2) is 22.7 Å². The number of benzene rings is 1. The van der Waals surface area contributed by atoms with Gasteiger partial charge in [-0.2, -0.15) is 0 Å². The fourth-order valence-corrected chi connectivity index (χ4v) is 2.17. The molecule has 0 aliphatic carbocycles. The number of nitro benzene ring substituents is 1. The largest absolute Gasteiger partial charge is 0.380 e. The molecule has 1 aliphatic rings. The van der Waals surface area contributed by atoms with E-state index in [1.807, 2.05) is 6.92 Å². The summed E-state index contributed by atoms with van der Waals surface area (Å²) in [6.45, 7) is 3.73. The lowest BCUT2D eigenvalue weighted by Crippen LogP contribution is -2.48. The molecule has 0 spiro atoms. The predicted molar refractivity (Wildman–Crippen MR) is 72.1 cm³/mol. The van der Waals surface area contributed by atoms with Crippen LogP contribution in [0.25, 0.3) is 0 Å². The normalized spacial score (nSPS) is 16.5. The zero-order chi connectivity index (χ0) is 14.0. The molecule has 1 fully saturated rings. The molecule has 1 aromatic rings. The summed E-state index contributed by atoms with van der Waals surface area (Å²) in [6.07, 6.45) is 0. The lowest BCUT2D eigenvalue weighted by Gasteiger charge is -2.38. The van der Waals surface area contributed by atoms with E-state index in [0.717, 1.165) is 0 Å². The molecule has 102 valence electrons. The van der Waals surface area contributed by atoms with Crippen molar-refractivity contribution >= 4 is 27.5 Å². The lowest BCUT2D eigenvalue weighted by molar-refractivity contribution is -0.384. The Morgan fingerprint density at radius 3 is 2.79 bits per heavy atom. The second kappa shape index (κ2) is 5.26. The maximum Gasteiger partial charge on any atom is 0.270 e. The van der Waals surface area contributed by atoms with Gasteiger partial charge in [0.1, 0.15) is 0 Å². The molecule has 1 amide bonds. The standard InChI is InChI=1S/C12H13BrN2O4/c1-12(6-19-7-12)5-14-11(16)9-4-8(15(17)18)2-3-10(9)13/h2-4H,5-7H2,1H3,(H,14,16). The average molecular weight is 329 g/mol. The van der Waals surface area contributed by atoms with Crippen LogP contribution in [-0.4, -0.2) is 30.6 Å². The highest BCUT2D eigenvalue weighted by atomic mass is 79.9. The average Bonchev–Trinajstić information content (AvgIpc) is 2.34. The van der Waals surface area contributed by atoms with Crippen LogP contribution in [0.1, 0.15) is 17.3 Å². The predicted octanol–water partition coefficient (Wildman–Crippen LogP) is 2.12. The highest BCUT2D eigenvalue weighted by molar-refractivity contribution is 9.10. The van der Waals surface area contributed by atoms with E-state index in [-0.39, 0.29) is 22.6 Å². The number of hydrogen-bond donors (Lipinski definition) is 1. The third-order valence-electron chi connectivity index (χ3n) is 2.98. The number of nitro groups is 1. The monoisotopic (exact) mass is 328 g/mol. The van der Waals surface area contributed by atoms with Crippen molar-refractivity contribution in [1.29, 1.82) is 0 Å². The molecule has 0 saturated carbocycles. The van der Waals surface area contributed by atoms with Crippen LogP contribution in [0.3, 0.4) is 0 Å². The molecule has 1 N–H and O–H groups in total. The Labute approximate surface area is 118 Å². The second-order valence-corrected chi connectivity index (χ2v) is 5.76. The van der Waals surface area contributed by atoms with Crippen molar-refractivity contribution < 1.29 is 14.5 Å². The maximum atomic E-state index is 12.0. The van der Waals surface area contributed by atoms with Gasteiger partial charge in [0, 0.05) is 28.6 Å². The molecule has 0 unspecified atom stereocenters. The van der Waals surface area contributed by atoms with Gasteiger partial charge < -0.3 is 10.1 Å². The minimum Gasteiger partial charge on any atom is -0.380 e. The summed E-state index contributed by atoms with van der Waals surface area (Å²) in [4.78, 5) is 22.2. The first kappa shape index (κ1) is 14.0. The lowest BCUT2D eigenvalue weighted by atomic mass is 9.88. The number of nitrogens with one attached hydrogen (secondary N) is 1. The summed E-state index contributed by atoms with van der Waals surface area (Å²) in [6, 6.07) is 4.11. The summed E-state index contributed by atoms with van der Waals surface area (Å²) in [5.74, 6) is -0.330. The zero-order valence-electron chi connectivity index (χ0n) is 10.3. The second-order valence-electron chi connectivity index (χ2n) is 4.91. The molecule has 7 heteroatoms. The van der Waals surface area contributed by atoms with Crippen molar-refractivity contribution in [2.24, 2.45) is 5.41 Å². The Kier molecular flexibility index (Phi) is 3.86. The number of carbonyl (C=O) groups is 1. The van der Waals surface area contributed by atoms with Gasteiger partial charge in [-0.05, 0) is 22.0 Å². The van der Waals surface area contributed by atoms with E-state index in [9.17, 15) is 14.9 Å². The number of amides is 1. The van der Waals surface area contributed by atoms with Gasteiger partial charge in [0.05, 0.1) is 23.7 Å². The molecule has 0 bridgehead atoms. The number of hydrogen-bond acceptors (Lipinski definition) is 4. The fraction of sp³-hybridized carbons (Fsp3) is 0.417. The van der Waals surface area contributed by atoms with Gasteiger partial charge in [-0.15, -0.1) is 0 Å². The highest BCUT2D eigenvalue weighted by Crippen LogP contribution is 2.26. The van der Waals surface area contributed by atoms with Crippen molar-refractivity contribution in [1.82, 2.24) is 5.32 Å². The quantitative estimate of drug-likeness (QED) is 0.678. The molecule has 0 radical (unpaired) electrons. The maximum absolute atomic E-state index is 12.0. The van der Waals surface area contributed by atoms with Crippen molar-refractivity contribution in [3.63, 3.8) is 0 Å². The van der Waals surface area contributed by atoms with Crippen LogP contribution in [0.2, 0.25) is 0 Å². The van der Waals surface area contributed by atoms with Crippen molar-refractivity contribution in [2.75, 3.05) is 19.8 Å². The Morgan fingerprint density at radius 2 is 2.26 bits per heavy atom.